The van der Waals surface area contributed by atoms with Crippen molar-refractivity contribution < 1.29 is 32.3 Å². The fraction of sp³-hybridized carbons (Fsp3) is 0.324. The van der Waals surface area contributed by atoms with Crippen molar-refractivity contribution in [3.8, 4) is 0 Å². The molecule has 0 saturated heterocycles. The minimum Gasteiger partial charge on any atom is -0.460 e. The Morgan fingerprint density at radius 2 is 1.47 bits per heavy atom. The van der Waals surface area contributed by atoms with Crippen LogP contribution in [0.2, 0.25) is 0 Å². The number of hydrogen-bond acceptors (Lipinski definition) is 7. The van der Waals surface area contributed by atoms with Gasteiger partial charge in [0.1, 0.15) is 23.1 Å². The third-order valence-electron chi connectivity index (χ3n) is 6.75. The number of esters is 1. The van der Waals surface area contributed by atoms with E-state index >= 15 is 0 Å². The Labute approximate surface area is 274 Å². The van der Waals surface area contributed by atoms with Crippen LogP contribution in [0, 0.1) is 24.4 Å². The van der Waals surface area contributed by atoms with Crippen molar-refractivity contribution >= 4 is 45.9 Å². The zero-order chi connectivity index (χ0) is 35.5. The van der Waals surface area contributed by atoms with Gasteiger partial charge in [-0.05, 0) is 76.1 Å². The van der Waals surface area contributed by atoms with Crippen molar-refractivity contribution in [3.63, 3.8) is 0 Å². The number of fused-ring (bicyclic) bond motifs is 1. The van der Waals surface area contributed by atoms with Crippen LogP contribution in [0.15, 0.2) is 60.9 Å². The van der Waals surface area contributed by atoms with Gasteiger partial charge in [0.2, 0.25) is 0 Å². The maximum atomic E-state index is 13.9. The van der Waals surface area contributed by atoms with Gasteiger partial charge in [-0.25, -0.2) is 13.2 Å². The molecule has 0 spiro atoms. The molecule has 4 rings (SSSR count). The summed E-state index contributed by atoms with van der Waals surface area (Å²) in [7, 11) is 3.77. The highest BCUT2D eigenvalue weighted by Gasteiger charge is 2.17. The summed E-state index contributed by atoms with van der Waals surface area (Å²) in [5.41, 5.74) is 5.02. The molecule has 7 nitrogen and oxygen atoms in total. The van der Waals surface area contributed by atoms with E-state index in [1.807, 2.05) is 65.7 Å². The summed E-state index contributed by atoms with van der Waals surface area (Å²) < 4.78 is 44.5. The van der Waals surface area contributed by atoms with Crippen LogP contribution >= 0.6 is 0 Å². The maximum Gasteiger partial charge on any atom is 0.306 e. The Morgan fingerprint density at radius 3 is 1.96 bits per heavy atom. The number of carbonyl (C=O) groups excluding carboxylic acids is 3. The number of Topliss-reactive ketones (excluding diaryl/α,β-unsaturated/α-hetero) is 1. The van der Waals surface area contributed by atoms with Gasteiger partial charge in [0.25, 0.3) is 0 Å². The Hall–Kier alpha value is -4.86. The SMILES string of the molecule is C/C(=C(/C=O)c1ccc(C)c2nccnc12)c1cc(F)ccc1N(C)C.CCC(=O)OC(C)(C)C.CCC(=O)c1c(F)cccc1F. The Morgan fingerprint density at radius 1 is 0.872 bits per heavy atom. The zero-order valence-corrected chi connectivity index (χ0v) is 28.4. The van der Waals surface area contributed by atoms with Crippen LogP contribution < -0.4 is 4.90 Å². The van der Waals surface area contributed by atoms with Crippen LogP contribution in [0.5, 0.6) is 0 Å². The molecular weight excluding hydrogens is 607 g/mol. The summed E-state index contributed by atoms with van der Waals surface area (Å²) >= 11 is 0. The van der Waals surface area contributed by atoms with E-state index in [9.17, 15) is 27.6 Å². The van der Waals surface area contributed by atoms with Gasteiger partial charge in [-0.15, -0.1) is 0 Å². The van der Waals surface area contributed by atoms with Crippen LogP contribution in [0.1, 0.15) is 81.4 Å². The molecule has 1 aromatic heterocycles. The second-order valence-electron chi connectivity index (χ2n) is 11.7. The predicted molar refractivity (Wildman–Crippen MR) is 181 cm³/mol. The first-order valence-corrected chi connectivity index (χ1v) is 15.1. The number of carbonyl (C=O) groups is 3. The van der Waals surface area contributed by atoms with Gasteiger partial charge in [-0.3, -0.25) is 24.4 Å². The van der Waals surface area contributed by atoms with E-state index in [1.54, 1.807) is 32.3 Å². The highest BCUT2D eigenvalue weighted by atomic mass is 19.1. The van der Waals surface area contributed by atoms with E-state index in [1.165, 1.54) is 18.2 Å². The topological polar surface area (TPSA) is 89.5 Å². The van der Waals surface area contributed by atoms with Gasteiger partial charge in [0.05, 0.1) is 16.6 Å². The maximum absolute atomic E-state index is 13.9. The molecule has 0 amide bonds. The van der Waals surface area contributed by atoms with Gasteiger partial charge in [-0.2, -0.15) is 0 Å². The average molecular weight is 650 g/mol. The molecule has 0 N–H and O–H groups in total. The molecule has 0 aliphatic rings. The van der Waals surface area contributed by atoms with Gasteiger partial charge in [-0.1, -0.05) is 32.0 Å². The molecule has 0 aliphatic carbocycles. The molecule has 0 aliphatic heterocycles. The number of ketones is 1. The molecule has 0 bridgehead atoms. The average Bonchev–Trinajstić information content (AvgIpc) is 3.02. The van der Waals surface area contributed by atoms with Crippen LogP contribution in [0.4, 0.5) is 18.9 Å². The van der Waals surface area contributed by atoms with Crippen molar-refractivity contribution in [2.45, 2.75) is 66.9 Å². The first kappa shape index (κ1) is 38.3. The third kappa shape index (κ3) is 10.6. The molecule has 0 fully saturated rings. The predicted octanol–water partition coefficient (Wildman–Crippen LogP) is 8.57. The number of ether oxygens (including phenoxy) is 1. The second-order valence-corrected chi connectivity index (χ2v) is 11.7. The minimum absolute atomic E-state index is 0.109. The Bertz CT molecular complexity index is 1740. The normalized spacial score (nSPS) is 11.3. The third-order valence-corrected chi connectivity index (χ3v) is 6.75. The number of aromatic nitrogens is 2. The highest BCUT2D eigenvalue weighted by Crippen LogP contribution is 2.34. The second kappa shape index (κ2) is 17.2. The lowest BCUT2D eigenvalue weighted by Crippen LogP contribution is -2.23. The van der Waals surface area contributed by atoms with E-state index in [-0.39, 0.29) is 23.8 Å². The molecular formula is C37H42F3N3O4. The van der Waals surface area contributed by atoms with Crippen LogP contribution in [-0.4, -0.2) is 47.7 Å². The molecule has 10 heteroatoms. The van der Waals surface area contributed by atoms with Crippen LogP contribution in [-0.2, 0) is 14.3 Å². The monoisotopic (exact) mass is 649 g/mol. The van der Waals surface area contributed by atoms with Crippen molar-refractivity contribution in [1.29, 1.82) is 0 Å². The number of aryl methyl sites for hydroxylation is 1. The fourth-order valence-electron chi connectivity index (χ4n) is 4.46. The first-order chi connectivity index (χ1) is 22.1. The largest absolute Gasteiger partial charge is 0.460 e. The lowest BCUT2D eigenvalue weighted by atomic mass is 9.93. The van der Waals surface area contributed by atoms with Crippen molar-refractivity contribution in [2.75, 3.05) is 19.0 Å². The smallest absolute Gasteiger partial charge is 0.306 e. The number of benzene rings is 3. The number of nitrogens with zero attached hydrogens (tertiary/aromatic N) is 3. The summed E-state index contributed by atoms with van der Waals surface area (Å²) in [5.74, 6) is -2.57. The molecule has 0 radical (unpaired) electrons. The van der Waals surface area contributed by atoms with E-state index in [0.29, 0.717) is 34.2 Å². The van der Waals surface area contributed by atoms with E-state index in [2.05, 4.69) is 9.97 Å². The quantitative estimate of drug-likeness (QED) is 0.0652. The number of hydrogen-bond donors (Lipinski definition) is 0. The molecule has 3 aromatic carbocycles. The van der Waals surface area contributed by atoms with E-state index < -0.39 is 23.0 Å². The minimum atomic E-state index is -0.790. The number of rotatable bonds is 7. The lowest BCUT2D eigenvalue weighted by molar-refractivity contribution is -0.154. The van der Waals surface area contributed by atoms with Gasteiger partial charge < -0.3 is 9.64 Å². The van der Waals surface area contributed by atoms with E-state index in [4.69, 9.17) is 4.74 Å². The van der Waals surface area contributed by atoms with Gasteiger partial charge >= 0.3 is 5.97 Å². The number of aldehydes is 1. The Kier molecular flexibility index (Phi) is 14.0. The summed E-state index contributed by atoms with van der Waals surface area (Å²) in [6.45, 7) is 12.7. The summed E-state index contributed by atoms with van der Waals surface area (Å²) in [6, 6.07) is 11.8. The number of halogens is 3. The lowest BCUT2D eigenvalue weighted by Gasteiger charge is -2.19. The van der Waals surface area contributed by atoms with Crippen LogP contribution in [0.25, 0.3) is 22.2 Å². The van der Waals surface area contributed by atoms with Gasteiger partial charge in [0.15, 0.2) is 12.1 Å². The Balaban J connectivity index is 0.000000302. The fourth-order valence-corrected chi connectivity index (χ4v) is 4.46. The number of allylic oxidation sites excluding steroid dienone is 2. The first-order valence-electron chi connectivity index (χ1n) is 15.1. The number of anilines is 1. The summed E-state index contributed by atoms with van der Waals surface area (Å²) in [6.07, 6.45) is 4.61. The van der Waals surface area contributed by atoms with Crippen LogP contribution in [0.3, 0.4) is 0 Å². The van der Waals surface area contributed by atoms with Crippen molar-refractivity contribution in [3.05, 3.63) is 101 Å². The summed E-state index contributed by atoms with van der Waals surface area (Å²) in [5, 5.41) is 0. The molecule has 250 valence electrons. The molecule has 0 atom stereocenters. The standard InChI is InChI=1S/C21H20FN3O.C9H8F2O.C7H14O2/c1-13-5-7-16(21-20(13)23-9-10-24-21)18(12-26)14(2)17-11-15(22)6-8-19(17)25(3)4;1-2-8(12)9-6(10)4-3-5-7(9)11;1-5-6(8)9-7(2,3)4/h5-12H,1-4H3;3-5H,2H2,1H3;5H2,1-4H3/b18-14+;;. The van der Waals surface area contributed by atoms with Crippen molar-refractivity contribution in [2.24, 2.45) is 0 Å². The van der Waals surface area contributed by atoms with Crippen molar-refractivity contribution in [1.82, 2.24) is 9.97 Å². The van der Waals surface area contributed by atoms with E-state index in [0.717, 1.165) is 35.2 Å². The zero-order valence-electron chi connectivity index (χ0n) is 28.4. The highest BCUT2D eigenvalue weighted by molar-refractivity contribution is 6.20. The molecule has 4 aromatic rings. The van der Waals surface area contributed by atoms with Gasteiger partial charge in [0, 0.05) is 61.7 Å². The molecule has 0 unspecified atom stereocenters. The summed E-state index contributed by atoms with van der Waals surface area (Å²) in [4.78, 5) is 44.3. The molecule has 47 heavy (non-hydrogen) atoms. The molecule has 1 heterocycles. The molecule has 0 saturated carbocycles.